The molecule has 1 aliphatic heterocycles. The molecule has 0 spiro atoms. The third-order valence-corrected chi connectivity index (χ3v) is 11.1. The maximum atomic E-state index is 6.63. The van der Waals surface area contributed by atoms with Crippen molar-refractivity contribution in [2.45, 2.75) is 6.54 Å². The van der Waals surface area contributed by atoms with Crippen LogP contribution in [0, 0.1) is 0 Å². The number of anilines is 3. The molecule has 2 heterocycles. The minimum atomic E-state index is 0.672. The normalized spacial score (nSPS) is 12.4. The first-order chi connectivity index (χ1) is 26.7. The molecular weight excluding hydrogens is 657 g/mol. The standard InChI is InChI=1S/C51H34N2O/c1-3-8-43-35(6-1)12-14-37-16-18-39(30-47(37)43)33-20-24-41(25-21-33)53(49-11-5-10-46-45-28-29-52-32-50(45)54-51(46)49)42-26-22-34(23-27-42)40-19-17-38-15-13-36-7-2-4-9-44(36)48(38)31-40/h1-31,52H,32H2. The molecule has 1 aromatic heterocycles. The van der Waals surface area contributed by atoms with Crippen LogP contribution in [0.15, 0.2) is 187 Å². The van der Waals surface area contributed by atoms with E-state index in [1.54, 1.807) is 0 Å². The van der Waals surface area contributed by atoms with Crippen LogP contribution in [0.4, 0.5) is 17.1 Å². The van der Waals surface area contributed by atoms with E-state index in [-0.39, 0.29) is 0 Å². The summed E-state index contributed by atoms with van der Waals surface area (Å²) in [4.78, 5) is 2.32. The quantitative estimate of drug-likeness (QED) is 0.182. The SMILES string of the molecule is C1=Cc2c(oc3c(N(c4ccc(-c5ccc6ccc7ccccc7c6c5)cc4)c4ccc(-c5ccc6ccc7ccccc7c6c5)cc4)cccc23)CN1. The molecule has 254 valence electrons. The summed E-state index contributed by atoms with van der Waals surface area (Å²) in [6.45, 7) is 0.672. The molecule has 0 unspecified atom stereocenters. The lowest BCUT2D eigenvalue weighted by Gasteiger charge is -2.26. The highest BCUT2D eigenvalue weighted by atomic mass is 16.3. The Hall–Kier alpha value is -7.10. The van der Waals surface area contributed by atoms with Gasteiger partial charge in [-0.1, -0.05) is 133 Å². The van der Waals surface area contributed by atoms with Gasteiger partial charge in [-0.3, -0.25) is 0 Å². The molecule has 0 aliphatic carbocycles. The number of nitrogens with one attached hydrogen (secondary N) is 1. The molecule has 11 rings (SSSR count). The molecule has 0 saturated heterocycles. The number of hydrogen-bond donors (Lipinski definition) is 1. The van der Waals surface area contributed by atoms with Gasteiger partial charge < -0.3 is 14.6 Å². The second-order valence-electron chi connectivity index (χ2n) is 14.2. The summed E-state index contributed by atoms with van der Waals surface area (Å²) >= 11 is 0. The summed E-state index contributed by atoms with van der Waals surface area (Å²) in [6, 6.07) is 64.0. The van der Waals surface area contributed by atoms with Crippen molar-refractivity contribution >= 4 is 77.2 Å². The van der Waals surface area contributed by atoms with Gasteiger partial charge in [-0.25, -0.2) is 0 Å². The third kappa shape index (κ3) is 4.97. The molecular formula is C51H34N2O. The van der Waals surface area contributed by atoms with Crippen LogP contribution < -0.4 is 10.2 Å². The van der Waals surface area contributed by atoms with Crippen LogP contribution in [0.2, 0.25) is 0 Å². The van der Waals surface area contributed by atoms with Gasteiger partial charge >= 0.3 is 0 Å². The van der Waals surface area contributed by atoms with Crippen molar-refractivity contribution in [3.8, 4) is 22.3 Å². The second kappa shape index (κ2) is 12.3. The fraction of sp³-hybridized carbons (Fsp3) is 0.0196. The van der Waals surface area contributed by atoms with Gasteiger partial charge in [-0.2, -0.15) is 0 Å². The van der Waals surface area contributed by atoms with Gasteiger partial charge in [0.15, 0.2) is 5.58 Å². The molecule has 1 N–H and O–H groups in total. The molecule has 3 heteroatoms. The molecule has 0 amide bonds. The molecule has 10 aromatic rings. The lowest BCUT2D eigenvalue weighted by molar-refractivity contribution is 0.533. The highest BCUT2D eigenvalue weighted by Gasteiger charge is 2.22. The molecule has 0 atom stereocenters. The first-order valence-corrected chi connectivity index (χ1v) is 18.5. The number of hydrogen-bond acceptors (Lipinski definition) is 3. The van der Waals surface area contributed by atoms with Crippen LogP contribution in [0.25, 0.3) is 82.4 Å². The minimum Gasteiger partial charge on any atom is -0.456 e. The summed E-state index contributed by atoms with van der Waals surface area (Å²) in [7, 11) is 0. The molecule has 3 nitrogen and oxygen atoms in total. The van der Waals surface area contributed by atoms with E-state index >= 15 is 0 Å². The van der Waals surface area contributed by atoms with Crippen LogP contribution in [0.3, 0.4) is 0 Å². The maximum Gasteiger partial charge on any atom is 0.159 e. The summed E-state index contributed by atoms with van der Waals surface area (Å²) in [6.07, 6.45) is 4.12. The number of fused-ring (bicyclic) bond motifs is 9. The van der Waals surface area contributed by atoms with Crippen molar-refractivity contribution in [2.24, 2.45) is 0 Å². The zero-order chi connectivity index (χ0) is 35.6. The molecule has 0 bridgehead atoms. The van der Waals surface area contributed by atoms with E-state index in [0.717, 1.165) is 39.4 Å². The van der Waals surface area contributed by atoms with E-state index in [9.17, 15) is 0 Å². The fourth-order valence-corrected chi connectivity index (χ4v) is 8.35. The van der Waals surface area contributed by atoms with Gasteiger partial charge in [-0.15, -0.1) is 0 Å². The largest absolute Gasteiger partial charge is 0.456 e. The van der Waals surface area contributed by atoms with Gasteiger partial charge in [0.1, 0.15) is 5.76 Å². The number of nitrogens with zero attached hydrogens (tertiary/aromatic N) is 1. The Bertz CT molecular complexity index is 2940. The van der Waals surface area contributed by atoms with Crippen molar-refractivity contribution in [2.75, 3.05) is 4.90 Å². The van der Waals surface area contributed by atoms with Gasteiger partial charge in [0.2, 0.25) is 0 Å². The summed E-state index contributed by atoms with van der Waals surface area (Å²) < 4.78 is 6.63. The number of rotatable bonds is 5. The highest BCUT2D eigenvalue weighted by molar-refractivity contribution is 6.10. The average Bonchev–Trinajstić information content (AvgIpc) is 3.63. The zero-order valence-electron chi connectivity index (χ0n) is 29.5. The molecule has 54 heavy (non-hydrogen) atoms. The molecule has 1 aliphatic rings. The number of furan rings is 1. The maximum absolute atomic E-state index is 6.63. The Morgan fingerprint density at radius 2 is 0.907 bits per heavy atom. The molecule has 0 radical (unpaired) electrons. The Kier molecular flexibility index (Phi) is 6.93. The summed E-state index contributed by atoms with van der Waals surface area (Å²) in [5, 5.41) is 14.5. The Balaban J connectivity index is 1.02. The van der Waals surface area contributed by atoms with Gasteiger partial charge in [0.05, 0.1) is 12.2 Å². The number of para-hydroxylation sites is 1. The molecule has 0 fully saturated rings. The number of benzene rings is 9. The molecule has 9 aromatic carbocycles. The van der Waals surface area contributed by atoms with Crippen LogP contribution in [-0.4, -0.2) is 0 Å². The van der Waals surface area contributed by atoms with Crippen LogP contribution in [0.5, 0.6) is 0 Å². The molecule has 0 saturated carbocycles. The van der Waals surface area contributed by atoms with E-state index in [2.05, 4.69) is 192 Å². The Morgan fingerprint density at radius 3 is 1.48 bits per heavy atom. The van der Waals surface area contributed by atoms with Crippen molar-refractivity contribution in [1.82, 2.24) is 5.32 Å². The van der Waals surface area contributed by atoms with Gasteiger partial charge in [0.25, 0.3) is 0 Å². The monoisotopic (exact) mass is 690 g/mol. The van der Waals surface area contributed by atoms with Crippen molar-refractivity contribution < 1.29 is 4.42 Å². The summed E-state index contributed by atoms with van der Waals surface area (Å²) in [5.41, 5.74) is 9.90. The Morgan fingerprint density at radius 1 is 0.426 bits per heavy atom. The van der Waals surface area contributed by atoms with Crippen LogP contribution in [0.1, 0.15) is 11.3 Å². The topological polar surface area (TPSA) is 28.4 Å². The van der Waals surface area contributed by atoms with E-state index in [1.807, 2.05) is 6.20 Å². The van der Waals surface area contributed by atoms with Crippen molar-refractivity contribution in [3.63, 3.8) is 0 Å². The predicted octanol–water partition coefficient (Wildman–Crippen LogP) is 13.9. The van der Waals surface area contributed by atoms with E-state index in [1.165, 1.54) is 65.3 Å². The first kappa shape index (κ1) is 30.5. The van der Waals surface area contributed by atoms with E-state index in [4.69, 9.17) is 4.42 Å². The first-order valence-electron chi connectivity index (χ1n) is 18.5. The van der Waals surface area contributed by atoms with Crippen molar-refractivity contribution in [3.05, 3.63) is 193 Å². The smallest absolute Gasteiger partial charge is 0.159 e. The van der Waals surface area contributed by atoms with Crippen LogP contribution >= 0.6 is 0 Å². The van der Waals surface area contributed by atoms with Crippen molar-refractivity contribution in [1.29, 1.82) is 0 Å². The third-order valence-electron chi connectivity index (χ3n) is 11.1. The average molecular weight is 691 g/mol. The zero-order valence-corrected chi connectivity index (χ0v) is 29.5. The predicted molar refractivity (Wildman–Crippen MR) is 228 cm³/mol. The van der Waals surface area contributed by atoms with Gasteiger partial charge in [0, 0.05) is 22.3 Å². The highest BCUT2D eigenvalue weighted by Crippen LogP contribution is 2.43. The van der Waals surface area contributed by atoms with E-state index < -0.39 is 0 Å². The fourth-order valence-electron chi connectivity index (χ4n) is 8.35. The van der Waals surface area contributed by atoms with E-state index in [0.29, 0.717) is 6.54 Å². The summed E-state index contributed by atoms with van der Waals surface area (Å²) in [5.74, 6) is 0.957. The Labute approximate surface area is 313 Å². The lowest BCUT2D eigenvalue weighted by atomic mass is 9.96. The van der Waals surface area contributed by atoms with Crippen LogP contribution in [-0.2, 0) is 6.54 Å². The lowest BCUT2D eigenvalue weighted by Crippen LogP contribution is -2.10. The minimum absolute atomic E-state index is 0.672. The second-order valence-corrected chi connectivity index (χ2v) is 14.2. The van der Waals surface area contributed by atoms with Gasteiger partial charge in [-0.05, 0) is 120 Å².